The van der Waals surface area contributed by atoms with Crippen LogP contribution >= 0.6 is 40.7 Å². The van der Waals surface area contributed by atoms with Crippen LogP contribution in [0.3, 0.4) is 0 Å². The third kappa shape index (κ3) is 4.77. The van der Waals surface area contributed by atoms with E-state index in [9.17, 15) is 13.2 Å². The zero-order chi connectivity index (χ0) is 13.1. The Bertz CT molecular complexity index is 418. The second kappa shape index (κ2) is 9.10. The lowest BCUT2D eigenvalue weighted by molar-refractivity contribution is 0.0164. The molecule has 116 valence electrons. The molecule has 0 spiro atoms. The van der Waals surface area contributed by atoms with Crippen LogP contribution < -0.4 is 5.32 Å². The summed E-state index contributed by atoms with van der Waals surface area (Å²) in [6, 6.07) is 2.99. The molecule has 0 aromatic heterocycles. The monoisotopic (exact) mass is 394 g/mol. The third-order valence-electron chi connectivity index (χ3n) is 3.06. The summed E-state index contributed by atoms with van der Waals surface area (Å²) in [4.78, 5) is 1.63. The normalized spacial score (nSPS) is 17.2. The standard InChI is InChI=1S/C12H14BrF3N2.2ClH/c13-8-1-2-10(14)9(7-8)11(12(15)16)18-5-3-17-4-6-18;;/h1-2,7,11-12,17H,3-6H2;2*1H/t11-;;/m1../s1. The van der Waals surface area contributed by atoms with E-state index in [2.05, 4.69) is 21.2 Å². The average Bonchev–Trinajstić information content (AvgIpc) is 2.35. The Morgan fingerprint density at radius 1 is 1.15 bits per heavy atom. The number of piperazine rings is 1. The Balaban J connectivity index is 0.00000180. The molecule has 1 aromatic carbocycles. The van der Waals surface area contributed by atoms with Gasteiger partial charge in [0.05, 0.1) is 6.04 Å². The number of rotatable bonds is 3. The van der Waals surface area contributed by atoms with Gasteiger partial charge in [-0.25, -0.2) is 13.2 Å². The van der Waals surface area contributed by atoms with Crippen molar-refractivity contribution in [3.63, 3.8) is 0 Å². The predicted octanol–water partition coefficient (Wildman–Crippen LogP) is 3.64. The average molecular weight is 396 g/mol. The molecule has 1 heterocycles. The molecule has 2 rings (SSSR count). The molecule has 1 aliphatic heterocycles. The lowest BCUT2D eigenvalue weighted by Crippen LogP contribution is -2.47. The second-order valence-electron chi connectivity index (χ2n) is 4.23. The SMILES string of the molecule is Cl.Cl.Fc1ccc(Br)cc1[C@H](C(F)F)N1CCNCC1. The number of hydrogen-bond acceptors (Lipinski definition) is 2. The van der Waals surface area contributed by atoms with Crippen molar-refractivity contribution in [2.75, 3.05) is 26.2 Å². The Hall–Kier alpha value is -0.0100. The van der Waals surface area contributed by atoms with E-state index in [0.29, 0.717) is 30.7 Å². The largest absolute Gasteiger partial charge is 0.314 e. The summed E-state index contributed by atoms with van der Waals surface area (Å²) in [6.45, 7) is 2.31. The van der Waals surface area contributed by atoms with Gasteiger partial charge in [0.15, 0.2) is 0 Å². The molecule has 0 bridgehead atoms. The van der Waals surface area contributed by atoms with E-state index < -0.39 is 18.3 Å². The van der Waals surface area contributed by atoms with E-state index in [4.69, 9.17) is 0 Å². The van der Waals surface area contributed by atoms with E-state index in [1.807, 2.05) is 0 Å². The van der Waals surface area contributed by atoms with Gasteiger partial charge in [0.2, 0.25) is 0 Å². The highest BCUT2D eigenvalue weighted by atomic mass is 79.9. The van der Waals surface area contributed by atoms with E-state index >= 15 is 0 Å². The van der Waals surface area contributed by atoms with Crippen LogP contribution in [-0.4, -0.2) is 37.5 Å². The van der Waals surface area contributed by atoms with Crippen LogP contribution in [0.2, 0.25) is 0 Å². The van der Waals surface area contributed by atoms with E-state index in [1.165, 1.54) is 18.2 Å². The molecule has 1 aliphatic rings. The molecule has 2 nitrogen and oxygen atoms in total. The van der Waals surface area contributed by atoms with Gasteiger partial charge in [0.25, 0.3) is 6.43 Å². The number of halogens is 6. The van der Waals surface area contributed by atoms with Crippen molar-refractivity contribution in [3.8, 4) is 0 Å². The molecule has 0 saturated carbocycles. The van der Waals surface area contributed by atoms with Crippen molar-refractivity contribution in [1.82, 2.24) is 10.2 Å². The zero-order valence-corrected chi connectivity index (χ0v) is 13.7. The smallest absolute Gasteiger partial charge is 0.258 e. The van der Waals surface area contributed by atoms with Crippen LogP contribution in [0.15, 0.2) is 22.7 Å². The van der Waals surface area contributed by atoms with Crippen LogP contribution in [0.25, 0.3) is 0 Å². The molecule has 1 N–H and O–H groups in total. The summed E-state index contributed by atoms with van der Waals surface area (Å²) < 4.78 is 40.8. The Morgan fingerprint density at radius 3 is 2.30 bits per heavy atom. The topological polar surface area (TPSA) is 15.3 Å². The quantitative estimate of drug-likeness (QED) is 0.840. The fourth-order valence-corrected chi connectivity index (χ4v) is 2.57. The highest BCUT2D eigenvalue weighted by Gasteiger charge is 2.32. The lowest BCUT2D eigenvalue weighted by Gasteiger charge is -2.34. The first-order valence-electron chi connectivity index (χ1n) is 5.77. The molecule has 1 atom stereocenters. The summed E-state index contributed by atoms with van der Waals surface area (Å²) in [7, 11) is 0. The van der Waals surface area contributed by atoms with Gasteiger partial charge in [-0.3, -0.25) is 4.90 Å². The molecular weight excluding hydrogens is 380 g/mol. The van der Waals surface area contributed by atoms with Crippen molar-refractivity contribution in [1.29, 1.82) is 0 Å². The maximum Gasteiger partial charge on any atom is 0.258 e. The van der Waals surface area contributed by atoms with Gasteiger partial charge in [0.1, 0.15) is 5.82 Å². The summed E-state index contributed by atoms with van der Waals surface area (Å²) >= 11 is 3.20. The van der Waals surface area contributed by atoms with E-state index in [0.717, 1.165) is 0 Å². The van der Waals surface area contributed by atoms with Gasteiger partial charge < -0.3 is 5.32 Å². The van der Waals surface area contributed by atoms with Crippen molar-refractivity contribution < 1.29 is 13.2 Å². The van der Waals surface area contributed by atoms with Gasteiger partial charge in [-0.05, 0) is 18.2 Å². The summed E-state index contributed by atoms with van der Waals surface area (Å²) in [5.41, 5.74) is 0.0567. The minimum atomic E-state index is -2.60. The lowest BCUT2D eigenvalue weighted by atomic mass is 10.0. The fourth-order valence-electron chi connectivity index (χ4n) is 2.19. The first-order valence-corrected chi connectivity index (χ1v) is 6.57. The second-order valence-corrected chi connectivity index (χ2v) is 5.15. The van der Waals surface area contributed by atoms with Gasteiger partial charge in [-0.2, -0.15) is 0 Å². The number of alkyl halides is 2. The Kier molecular flexibility index (Phi) is 9.09. The van der Waals surface area contributed by atoms with E-state index in [1.54, 1.807) is 4.90 Å². The van der Waals surface area contributed by atoms with Crippen molar-refractivity contribution in [3.05, 3.63) is 34.1 Å². The number of nitrogens with zero attached hydrogens (tertiary/aromatic N) is 1. The van der Waals surface area contributed by atoms with Crippen LogP contribution in [0.1, 0.15) is 11.6 Å². The molecule has 0 radical (unpaired) electrons. The highest BCUT2D eigenvalue weighted by Crippen LogP contribution is 2.31. The molecule has 20 heavy (non-hydrogen) atoms. The van der Waals surface area contributed by atoms with Crippen molar-refractivity contribution in [2.24, 2.45) is 0 Å². The Labute approximate surface area is 137 Å². The zero-order valence-electron chi connectivity index (χ0n) is 10.5. The minimum absolute atomic E-state index is 0. The predicted molar refractivity (Wildman–Crippen MR) is 81.8 cm³/mol. The summed E-state index contributed by atoms with van der Waals surface area (Å²) in [5, 5.41) is 3.10. The van der Waals surface area contributed by atoms with Gasteiger partial charge >= 0.3 is 0 Å². The van der Waals surface area contributed by atoms with Gasteiger partial charge in [-0.15, -0.1) is 24.8 Å². The highest BCUT2D eigenvalue weighted by molar-refractivity contribution is 9.10. The fraction of sp³-hybridized carbons (Fsp3) is 0.500. The van der Waals surface area contributed by atoms with Crippen LogP contribution in [0.4, 0.5) is 13.2 Å². The molecule has 8 heteroatoms. The van der Waals surface area contributed by atoms with Gasteiger partial charge in [-0.1, -0.05) is 15.9 Å². The molecule has 1 fully saturated rings. The van der Waals surface area contributed by atoms with Gasteiger partial charge in [0, 0.05) is 36.2 Å². The number of benzene rings is 1. The molecular formula is C12H16BrCl2F3N2. The van der Waals surface area contributed by atoms with Crippen LogP contribution in [-0.2, 0) is 0 Å². The molecule has 0 unspecified atom stereocenters. The number of hydrogen-bond donors (Lipinski definition) is 1. The summed E-state index contributed by atoms with van der Waals surface area (Å²) in [5.74, 6) is -0.581. The molecule has 0 amide bonds. The van der Waals surface area contributed by atoms with Crippen molar-refractivity contribution in [2.45, 2.75) is 12.5 Å². The summed E-state index contributed by atoms with van der Waals surface area (Å²) in [6.07, 6.45) is -2.60. The molecule has 1 aromatic rings. The van der Waals surface area contributed by atoms with E-state index in [-0.39, 0.29) is 30.4 Å². The van der Waals surface area contributed by atoms with Crippen LogP contribution in [0.5, 0.6) is 0 Å². The number of nitrogens with one attached hydrogen (secondary N) is 1. The van der Waals surface area contributed by atoms with Crippen LogP contribution in [0, 0.1) is 5.82 Å². The third-order valence-corrected chi connectivity index (χ3v) is 3.55. The minimum Gasteiger partial charge on any atom is -0.314 e. The molecule has 0 aliphatic carbocycles. The maximum atomic E-state index is 13.7. The van der Waals surface area contributed by atoms with Crippen molar-refractivity contribution >= 4 is 40.7 Å². The first-order chi connectivity index (χ1) is 8.59. The maximum absolute atomic E-state index is 13.7. The Morgan fingerprint density at radius 2 is 1.75 bits per heavy atom. The molecule has 1 saturated heterocycles. The first kappa shape index (κ1) is 20.0.